The van der Waals surface area contributed by atoms with Crippen LogP contribution in [0.25, 0.3) is 6.08 Å². The summed E-state index contributed by atoms with van der Waals surface area (Å²) in [6.07, 6.45) is 5.52. The molecule has 0 saturated carbocycles. The van der Waals surface area contributed by atoms with Gasteiger partial charge < -0.3 is 9.64 Å². The van der Waals surface area contributed by atoms with Gasteiger partial charge in [0.1, 0.15) is 12.4 Å². The molecule has 2 aromatic carbocycles. The van der Waals surface area contributed by atoms with Crippen molar-refractivity contribution in [1.29, 1.82) is 0 Å². The van der Waals surface area contributed by atoms with E-state index in [1.807, 2.05) is 60.7 Å². The Morgan fingerprint density at radius 1 is 1.04 bits per heavy atom. The molecule has 2 aliphatic rings. The molecular formula is C22H22N2O2S. The number of carbonyl (C=O) groups is 1. The maximum absolute atomic E-state index is 12.3. The molecule has 2 heterocycles. The van der Waals surface area contributed by atoms with E-state index in [-0.39, 0.29) is 5.91 Å². The van der Waals surface area contributed by atoms with Crippen molar-refractivity contribution in [2.45, 2.75) is 25.9 Å². The van der Waals surface area contributed by atoms with Gasteiger partial charge in [-0.2, -0.15) is 4.99 Å². The van der Waals surface area contributed by atoms with Crippen LogP contribution in [-0.2, 0) is 11.4 Å². The van der Waals surface area contributed by atoms with Crippen molar-refractivity contribution in [2.75, 3.05) is 13.1 Å². The minimum atomic E-state index is -0.142. The molecule has 0 atom stereocenters. The predicted octanol–water partition coefficient (Wildman–Crippen LogP) is 4.72. The molecule has 0 unspecified atom stereocenters. The molecule has 2 aliphatic heterocycles. The second kappa shape index (κ2) is 8.44. The van der Waals surface area contributed by atoms with E-state index in [1.54, 1.807) is 0 Å². The predicted molar refractivity (Wildman–Crippen MR) is 111 cm³/mol. The highest BCUT2D eigenvalue weighted by Gasteiger charge is 2.26. The average molecular weight is 378 g/mol. The smallest absolute Gasteiger partial charge is 0.286 e. The summed E-state index contributed by atoms with van der Waals surface area (Å²) in [5.74, 6) is 0.650. The van der Waals surface area contributed by atoms with Gasteiger partial charge in [0.2, 0.25) is 0 Å². The van der Waals surface area contributed by atoms with Gasteiger partial charge in [0, 0.05) is 13.1 Å². The van der Waals surface area contributed by atoms with Gasteiger partial charge in [0.05, 0.1) is 4.91 Å². The van der Waals surface area contributed by atoms with Crippen LogP contribution in [0.1, 0.15) is 30.4 Å². The minimum Gasteiger partial charge on any atom is -0.489 e. The summed E-state index contributed by atoms with van der Waals surface area (Å²) in [5.41, 5.74) is 2.08. The number of carbonyl (C=O) groups excluding carboxylic acids is 1. The zero-order chi connectivity index (χ0) is 18.5. The summed E-state index contributed by atoms with van der Waals surface area (Å²) in [6.45, 7) is 2.52. The summed E-state index contributed by atoms with van der Waals surface area (Å²) in [6, 6.07) is 17.9. The van der Waals surface area contributed by atoms with Crippen molar-refractivity contribution in [3.8, 4) is 5.75 Å². The number of amidine groups is 1. The Labute approximate surface area is 163 Å². The van der Waals surface area contributed by atoms with E-state index in [2.05, 4.69) is 9.89 Å². The normalized spacial score (nSPS) is 18.7. The van der Waals surface area contributed by atoms with E-state index >= 15 is 0 Å². The number of rotatable bonds is 4. The fraction of sp³-hybridized carbons (Fsp3) is 0.273. The lowest BCUT2D eigenvalue weighted by Crippen LogP contribution is -2.33. The summed E-state index contributed by atoms with van der Waals surface area (Å²) in [4.78, 5) is 19.5. The van der Waals surface area contributed by atoms with E-state index in [0.29, 0.717) is 11.5 Å². The van der Waals surface area contributed by atoms with Crippen molar-refractivity contribution in [2.24, 2.45) is 4.99 Å². The van der Waals surface area contributed by atoms with Gasteiger partial charge in [-0.05, 0) is 60.4 Å². The standard InChI is InChI=1S/C22H22N2O2S/c25-21-20(27-22(23-21)24-12-5-2-6-13-24)15-18-10-7-11-19(14-18)26-16-17-8-3-1-4-9-17/h1,3-4,7-11,14-15H,2,5-6,12-13,16H2/b20-15-. The van der Waals surface area contributed by atoms with Gasteiger partial charge in [-0.1, -0.05) is 42.5 Å². The maximum Gasteiger partial charge on any atom is 0.286 e. The molecule has 1 fully saturated rings. The quantitative estimate of drug-likeness (QED) is 0.722. The number of benzene rings is 2. The number of ether oxygens (including phenoxy) is 1. The highest BCUT2D eigenvalue weighted by Crippen LogP contribution is 2.32. The van der Waals surface area contributed by atoms with Crippen molar-refractivity contribution in [3.63, 3.8) is 0 Å². The highest BCUT2D eigenvalue weighted by atomic mass is 32.2. The van der Waals surface area contributed by atoms with Crippen LogP contribution in [0.15, 0.2) is 64.5 Å². The minimum absolute atomic E-state index is 0.142. The molecule has 1 saturated heterocycles. The number of thioether (sulfide) groups is 1. The molecule has 2 aromatic rings. The van der Waals surface area contributed by atoms with Crippen molar-refractivity contribution >= 4 is 28.9 Å². The van der Waals surface area contributed by atoms with Crippen molar-refractivity contribution in [1.82, 2.24) is 4.90 Å². The fourth-order valence-corrected chi connectivity index (χ4v) is 4.17. The summed E-state index contributed by atoms with van der Waals surface area (Å²) in [5, 5.41) is 0.849. The molecule has 0 bridgehead atoms. The number of amides is 1. The Hall–Kier alpha value is -2.53. The Morgan fingerprint density at radius 2 is 1.85 bits per heavy atom. The van der Waals surface area contributed by atoms with E-state index in [1.165, 1.54) is 31.0 Å². The topological polar surface area (TPSA) is 41.9 Å². The first-order valence-corrected chi connectivity index (χ1v) is 10.1. The van der Waals surface area contributed by atoms with E-state index < -0.39 is 0 Å². The number of aliphatic imine (C=N–C) groups is 1. The zero-order valence-electron chi connectivity index (χ0n) is 15.1. The summed E-state index contributed by atoms with van der Waals surface area (Å²) in [7, 11) is 0. The first-order chi connectivity index (χ1) is 13.3. The van der Waals surface area contributed by atoms with Crippen LogP contribution in [0.3, 0.4) is 0 Å². The average Bonchev–Trinajstić information content (AvgIpc) is 3.09. The Bertz CT molecular complexity index is 871. The lowest BCUT2D eigenvalue weighted by molar-refractivity contribution is -0.113. The molecule has 0 aromatic heterocycles. The van der Waals surface area contributed by atoms with Crippen LogP contribution in [-0.4, -0.2) is 29.1 Å². The third kappa shape index (κ3) is 4.61. The molecule has 4 rings (SSSR count). The lowest BCUT2D eigenvalue weighted by atomic mass is 10.1. The SMILES string of the molecule is O=C1N=C(N2CCCCC2)S/C1=C\c1cccc(OCc2ccccc2)c1. The van der Waals surface area contributed by atoms with Gasteiger partial charge >= 0.3 is 0 Å². The Balaban J connectivity index is 1.42. The molecule has 27 heavy (non-hydrogen) atoms. The first-order valence-electron chi connectivity index (χ1n) is 9.32. The van der Waals surface area contributed by atoms with E-state index in [0.717, 1.165) is 35.1 Å². The molecule has 0 N–H and O–H groups in total. The van der Waals surface area contributed by atoms with Crippen molar-refractivity contribution in [3.05, 3.63) is 70.6 Å². The van der Waals surface area contributed by atoms with Crippen LogP contribution >= 0.6 is 11.8 Å². The highest BCUT2D eigenvalue weighted by molar-refractivity contribution is 8.18. The zero-order valence-corrected chi connectivity index (χ0v) is 16.0. The van der Waals surface area contributed by atoms with Gasteiger partial charge in [-0.15, -0.1) is 0 Å². The van der Waals surface area contributed by atoms with Gasteiger partial charge in [-0.3, -0.25) is 4.79 Å². The number of nitrogens with zero attached hydrogens (tertiary/aromatic N) is 2. The molecule has 5 heteroatoms. The molecule has 0 aliphatic carbocycles. The van der Waals surface area contributed by atoms with Gasteiger partial charge in [0.15, 0.2) is 5.17 Å². The number of hydrogen-bond acceptors (Lipinski definition) is 4. The van der Waals surface area contributed by atoms with Gasteiger partial charge in [-0.25, -0.2) is 0 Å². The third-order valence-electron chi connectivity index (χ3n) is 4.64. The van der Waals surface area contributed by atoms with Crippen LogP contribution in [0.5, 0.6) is 5.75 Å². The van der Waals surface area contributed by atoms with Crippen LogP contribution in [0, 0.1) is 0 Å². The molecular weight excluding hydrogens is 356 g/mol. The molecule has 138 valence electrons. The number of piperidine rings is 1. The Kier molecular flexibility index (Phi) is 5.58. The monoisotopic (exact) mass is 378 g/mol. The third-order valence-corrected chi connectivity index (χ3v) is 5.68. The summed E-state index contributed by atoms with van der Waals surface area (Å²) >= 11 is 1.48. The largest absolute Gasteiger partial charge is 0.489 e. The maximum atomic E-state index is 12.3. The first kappa shape index (κ1) is 17.9. The summed E-state index contributed by atoms with van der Waals surface area (Å²) < 4.78 is 5.88. The lowest BCUT2D eigenvalue weighted by Gasteiger charge is -2.27. The molecule has 1 amide bonds. The molecule has 4 nitrogen and oxygen atoms in total. The van der Waals surface area contributed by atoms with E-state index in [4.69, 9.17) is 4.74 Å². The number of likely N-dealkylation sites (tertiary alicyclic amines) is 1. The fourth-order valence-electron chi connectivity index (χ4n) is 3.20. The van der Waals surface area contributed by atoms with Crippen LogP contribution in [0.4, 0.5) is 0 Å². The Morgan fingerprint density at radius 3 is 2.67 bits per heavy atom. The molecule has 0 spiro atoms. The van der Waals surface area contributed by atoms with Crippen LogP contribution in [0.2, 0.25) is 0 Å². The van der Waals surface area contributed by atoms with Gasteiger partial charge in [0.25, 0.3) is 5.91 Å². The second-order valence-corrected chi connectivity index (χ2v) is 7.71. The number of hydrogen-bond donors (Lipinski definition) is 0. The molecule has 0 radical (unpaired) electrons. The van der Waals surface area contributed by atoms with Crippen LogP contribution < -0.4 is 4.74 Å². The second-order valence-electron chi connectivity index (χ2n) is 6.70. The van der Waals surface area contributed by atoms with E-state index in [9.17, 15) is 4.79 Å². The van der Waals surface area contributed by atoms with Crippen molar-refractivity contribution < 1.29 is 9.53 Å².